The number of pyridine rings is 1. The van der Waals surface area contributed by atoms with Gasteiger partial charge in [0.1, 0.15) is 11.6 Å². The van der Waals surface area contributed by atoms with Crippen LogP contribution in [-0.4, -0.2) is 15.9 Å². The first-order valence-corrected chi connectivity index (χ1v) is 5.80. The van der Waals surface area contributed by atoms with Gasteiger partial charge < -0.3 is 15.6 Å². The molecule has 0 unspecified atom stereocenters. The third kappa shape index (κ3) is 3.08. The van der Waals surface area contributed by atoms with Gasteiger partial charge in [0, 0.05) is 5.69 Å². The number of rotatable bonds is 4. The Balaban J connectivity index is 2.31. The zero-order valence-electron chi connectivity index (χ0n) is 10.6. The number of amidine groups is 1. The second-order valence-corrected chi connectivity index (χ2v) is 4.12. The Bertz CT molecular complexity index is 594. The average molecular weight is 257 g/mol. The van der Waals surface area contributed by atoms with Gasteiger partial charge in [-0.05, 0) is 36.8 Å². The molecule has 1 aromatic carbocycles. The molecule has 0 spiro atoms. The quantitative estimate of drug-likeness (QED) is 0.576. The SMILES string of the molecule is Cc1ccc(C(=N)N)c(Oc2ccc(CO)cc2)n1. The molecule has 19 heavy (non-hydrogen) atoms. The van der Waals surface area contributed by atoms with Gasteiger partial charge in [-0.15, -0.1) is 0 Å². The summed E-state index contributed by atoms with van der Waals surface area (Å²) >= 11 is 0. The molecular formula is C14H15N3O2. The van der Waals surface area contributed by atoms with Crippen LogP contribution in [0.5, 0.6) is 11.6 Å². The van der Waals surface area contributed by atoms with E-state index in [1.807, 2.05) is 6.92 Å². The van der Waals surface area contributed by atoms with Crippen LogP contribution in [0.2, 0.25) is 0 Å². The molecule has 5 heteroatoms. The molecule has 98 valence electrons. The maximum absolute atomic E-state index is 8.97. The Labute approximate surface area is 111 Å². The van der Waals surface area contributed by atoms with Crippen LogP contribution in [0.15, 0.2) is 36.4 Å². The molecule has 0 aliphatic carbocycles. The van der Waals surface area contributed by atoms with E-state index in [1.54, 1.807) is 36.4 Å². The Morgan fingerprint density at radius 2 is 1.95 bits per heavy atom. The van der Waals surface area contributed by atoms with Crippen molar-refractivity contribution >= 4 is 5.84 Å². The van der Waals surface area contributed by atoms with Gasteiger partial charge >= 0.3 is 0 Å². The molecular weight excluding hydrogens is 242 g/mol. The minimum absolute atomic E-state index is 0.0122. The lowest BCUT2D eigenvalue weighted by Crippen LogP contribution is -2.13. The fraction of sp³-hybridized carbons (Fsp3) is 0.143. The molecule has 0 saturated carbocycles. The molecule has 0 aliphatic rings. The smallest absolute Gasteiger partial charge is 0.230 e. The number of aliphatic hydroxyl groups excluding tert-OH is 1. The summed E-state index contributed by atoms with van der Waals surface area (Å²) in [6.07, 6.45) is 0. The molecule has 0 atom stereocenters. The topological polar surface area (TPSA) is 92.2 Å². The normalized spacial score (nSPS) is 10.2. The third-order valence-corrected chi connectivity index (χ3v) is 2.61. The Kier molecular flexibility index (Phi) is 3.77. The summed E-state index contributed by atoms with van der Waals surface area (Å²) in [6, 6.07) is 10.5. The van der Waals surface area contributed by atoms with E-state index in [4.69, 9.17) is 21.0 Å². The number of nitrogens with two attached hydrogens (primary N) is 1. The molecule has 0 radical (unpaired) electrons. The highest BCUT2D eigenvalue weighted by Crippen LogP contribution is 2.23. The van der Waals surface area contributed by atoms with E-state index in [9.17, 15) is 0 Å². The van der Waals surface area contributed by atoms with Gasteiger partial charge in [-0.1, -0.05) is 12.1 Å². The molecule has 1 heterocycles. The van der Waals surface area contributed by atoms with Crippen molar-refractivity contribution in [1.82, 2.24) is 4.98 Å². The molecule has 1 aromatic heterocycles. The Morgan fingerprint density at radius 3 is 2.53 bits per heavy atom. The maximum Gasteiger partial charge on any atom is 0.230 e. The van der Waals surface area contributed by atoms with E-state index < -0.39 is 0 Å². The summed E-state index contributed by atoms with van der Waals surface area (Å²) in [4.78, 5) is 4.24. The molecule has 0 amide bonds. The van der Waals surface area contributed by atoms with Crippen molar-refractivity contribution in [2.45, 2.75) is 13.5 Å². The van der Waals surface area contributed by atoms with Crippen molar-refractivity contribution in [3.8, 4) is 11.6 Å². The first kappa shape index (κ1) is 13.0. The van der Waals surface area contributed by atoms with Gasteiger partial charge in [-0.3, -0.25) is 5.41 Å². The summed E-state index contributed by atoms with van der Waals surface area (Å²) in [7, 11) is 0. The standard InChI is InChI=1S/C14H15N3O2/c1-9-2-7-12(13(15)16)14(17-9)19-11-5-3-10(8-18)4-6-11/h2-7,18H,8H2,1H3,(H3,15,16). The zero-order chi connectivity index (χ0) is 13.8. The van der Waals surface area contributed by atoms with E-state index in [0.29, 0.717) is 17.2 Å². The van der Waals surface area contributed by atoms with Gasteiger partial charge in [0.25, 0.3) is 0 Å². The molecule has 0 aliphatic heterocycles. The lowest BCUT2D eigenvalue weighted by molar-refractivity contribution is 0.281. The van der Waals surface area contributed by atoms with Gasteiger partial charge in [0.2, 0.25) is 5.88 Å². The van der Waals surface area contributed by atoms with Crippen LogP contribution >= 0.6 is 0 Å². The summed E-state index contributed by atoms with van der Waals surface area (Å²) in [5.74, 6) is 0.802. The second kappa shape index (κ2) is 5.49. The predicted octanol–water partition coefficient (Wildman–Crippen LogP) is 1.96. The van der Waals surface area contributed by atoms with Crippen molar-refractivity contribution < 1.29 is 9.84 Å². The summed E-state index contributed by atoms with van der Waals surface area (Å²) in [6.45, 7) is 1.83. The number of nitrogen functional groups attached to an aromatic ring is 1. The number of nitrogens with zero attached hydrogens (tertiary/aromatic N) is 1. The fourth-order valence-corrected chi connectivity index (χ4v) is 1.59. The van der Waals surface area contributed by atoms with Crippen LogP contribution in [0.3, 0.4) is 0 Å². The van der Waals surface area contributed by atoms with Crippen LogP contribution in [0.1, 0.15) is 16.8 Å². The van der Waals surface area contributed by atoms with Crippen molar-refractivity contribution in [3.05, 3.63) is 53.2 Å². The summed E-state index contributed by atoms with van der Waals surface area (Å²) in [5, 5.41) is 16.5. The number of nitrogens with one attached hydrogen (secondary N) is 1. The minimum Gasteiger partial charge on any atom is -0.438 e. The molecule has 2 rings (SSSR count). The largest absolute Gasteiger partial charge is 0.438 e. The fourth-order valence-electron chi connectivity index (χ4n) is 1.59. The molecule has 0 bridgehead atoms. The van der Waals surface area contributed by atoms with Crippen LogP contribution in [-0.2, 0) is 6.61 Å². The van der Waals surface area contributed by atoms with Crippen molar-refractivity contribution in [2.24, 2.45) is 5.73 Å². The number of hydrogen-bond donors (Lipinski definition) is 3. The molecule has 4 N–H and O–H groups in total. The van der Waals surface area contributed by atoms with Gasteiger partial charge in [-0.2, -0.15) is 0 Å². The van der Waals surface area contributed by atoms with Crippen LogP contribution < -0.4 is 10.5 Å². The number of aliphatic hydroxyl groups is 1. The number of hydrogen-bond acceptors (Lipinski definition) is 4. The lowest BCUT2D eigenvalue weighted by Gasteiger charge is -2.10. The van der Waals surface area contributed by atoms with Gasteiger partial charge in [-0.25, -0.2) is 4.98 Å². The number of ether oxygens (including phenoxy) is 1. The van der Waals surface area contributed by atoms with E-state index >= 15 is 0 Å². The van der Waals surface area contributed by atoms with E-state index in [2.05, 4.69) is 4.98 Å². The van der Waals surface area contributed by atoms with Gasteiger partial charge in [0.05, 0.1) is 12.2 Å². The molecule has 0 fully saturated rings. The Morgan fingerprint density at radius 1 is 1.26 bits per heavy atom. The molecule has 2 aromatic rings. The van der Waals surface area contributed by atoms with Gasteiger partial charge in [0.15, 0.2) is 0 Å². The maximum atomic E-state index is 8.97. The minimum atomic E-state index is -0.0884. The molecule has 0 saturated heterocycles. The van der Waals surface area contributed by atoms with Crippen LogP contribution in [0, 0.1) is 12.3 Å². The highest BCUT2D eigenvalue weighted by atomic mass is 16.5. The monoisotopic (exact) mass is 257 g/mol. The Hall–Kier alpha value is -2.40. The number of aromatic nitrogens is 1. The summed E-state index contributed by atoms with van der Waals surface area (Å²) < 4.78 is 5.64. The van der Waals surface area contributed by atoms with Crippen molar-refractivity contribution in [1.29, 1.82) is 5.41 Å². The lowest BCUT2D eigenvalue weighted by atomic mass is 10.2. The van der Waals surface area contributed by atoms with Crippen molar-refractivity contribution in [3.63, 3.8) is 0 Å². The van der Waals surface area contributed by atoms with E-state index in [-0.39, 0.29) is 12.4 Å². The van der Waals surface area contributed by atoms with Crippen LogP contribution in [0.25, 0.3) is 0 Å². The number of benzene rings is 1. The molecule has 5 nitrogen and oxygen atoms in total. The predicted molar refractivity (Wildman–Crippen MR) is 72.4 cm³/mol. The number of aryl methyl sites for hydroxylation is 1. The second-order valence-electron chi connectivity index (χ2n) is 4.12. The average Bonchev–Trinajstić information content (AvgIpc) is 2.39. The first-order valence-electron chi connectivity index (χ1n) is 5.80. The highest BCUT2D eigenvalue weighted by Gasteiger charge is 2.09. The van der Waals surface area contributed by atoms with Crippen LogP contribution in [0.4, 0.5) is 0 Å². The van der Waals surface area contributed by atoms with Crippen molar-refractivity contribution in [2.75, 3.05) is 0 Å². The van der Waals surface area contributed by atoms with E-state index in [1.165, 1.54) is 0 Å². The van der Waals surface area contributed by atoms with E-state index in [0.717, 1.165) is 11.3 Å². The zero-order valence-corrected chi connectivity index (χ0v) is 10.6. The third-order valence-electron chi connectivity index (χ3n) is 2.61. The first-order chi connectivity index (χ1) is 9.10. The summed E-state index contributed by atoms with van der Waals surface area (Å²) in [5.41, 5.74) is 7.54. The highest BCUT2D eigenvalue weighted by molar-refractivity contribution is 5.97.